The lowest BCUT2D eigenvalue weighted by Gasteiger charge is -1.88. The summed E-state index contributed by atoms with van der Waals surface area (Å²) in [4.78, 5) is 9.69. The van der Waals surface area contributed by atoms with Crippen LogP contribution in [0.15, 0.2) is 12.7 Å². The van der Waals surface area contributed by atoms with Crippen LogP contribution in [0.5, 0.6) is 0 Å². The van der Waals surface area contributed by atoms with E-state index in [4.69, 9.17) is 0 Å². The summed E-state index contributed by atoms with van der Waals surface area (Å²) >= 11 is 3.32. The van der Waals surface area contributed by atoms with Crippen molar-refractivity contribution in [2.45, 2.75) is 13.8 Å². The molecule has 0 unspecified atom stereocenters. The van der Waals surface area contributed by atoms with Crippen LogP contribution >= 0.6 is 12.6 Å². The topological polar surface area (TPSA) is 26.3 Å². The highest BCUT2D eigenvalue weighted by molar-refractivity contribution is 7.96. The van der Waals surface area contributed by atoms with Gasteiger partial charge < -0.3 is 4.74 Å². The molecule has 0 aliphatic heterocycles. The predicted molar refractivity (Wildman–Crippen MR) is 41.9 cm³/mol. The number of carbonyl (C=O) groups excluding carboxylic acids is 1. The second-order valence-corrected chi connectivity index (χ2v) is 1.47. The average molecular weight is 148 g/mol. The van der Waals surface area contributed by atoms with Crippen LogP contribution in [-0.4, -0.2) is 11.9 Å². The molecule has 0 amide bonds. The molecular weight excluding hydrogens is 136 g/mol. The summed E-state index contributed by atoms with van der Waals surface area (Å²) in [5.74, 6) is 0. The summed E-state index contributed by atoms with van der Waals surface area (Å²) in [6.07, 6.45) is 1.75. The van der Waals surface area contributed by atoms with E-state index in [0.29, 0.717) is 6.61 Å². The minimum absolute atomic E-state index is 0.405. The third-order valence-corrected chi connectivity index (χ3v) is 0.397. The summed E-state index contributed by atoms with van der Waals surface area (Å²) in [6.45, 7) is 7.39. The van der Waals surface area contributed by atoms with E-state index in [0.717, 1.165) is 0 Å². The van der Waals surface area contributed by atoms with E-state index < -0.39 is 5.30 Å². The van der Waals surface area contributed by atoms with Crippen molar-refractivity contribution in [3.05, 3.63) is 12.7 Å². The molecule has 0 fully saturated rings. The Morgan fingerprint density at radius 1 is 1.89 bits per heavy atom. The fraction of sp³-hybridized carbons (Fsp3) is 0.500. The minimum Gasteiger partial charge on any atom is -0.458 e. The third kappa shape index (κ3) is 35.7. The molecule has 54 valence electrons. The van der Waals surface area contributed by atoms with Gasteiger partial charge in [-0.1, -0.05) is 18.7 Å². The van der Waals surface area contributed by atoms with Crippen LogP contribution in [0, 0.1) is 0 Å². The molecule has 0 aliphatic rings. The lowest BCUT2D eigenvalue weighted by atomic mass is 10.8. The van der Waals surface area contributed by atoms with E-state index in [1.165, 1.54) is 0 Å². The number of thiol groups is 1. The van der Waals surface area contributed by atoms with Crippen LogP contribution in [0.25, 0.3) is 0 Å². The number of rotatable bonds is 1. The Kier molecular flexibility index (Phi) is 13.3. The van der Waals surface area contributed by atoms with Gasteiger partial charge in [-0.05, 0) is 13.8 Å². The van der Waals surface area contributed by atoms with Gasteiger partial charge in [-0.25, -0.2) is 4.79 Å². The van der Waals surface area contributed by atoms with Crippen molar-refractivity contribution in [3.63, 3.8) is 0 Å². The molecule has 3 heteroatoms. The Labute approximate surface area is 61.3 Å². The molecule has 2 nitrogen and oxygen atoms in total. The molecule has 0 bridgehead atoms. The highest BCUT2D eigenvalue weighted by Crippen LogP contribution is 1.81. The molecule has 0 saturated heterocycles. The zero-order chi connectivity index (χ0) is 7.70. The molecule has 0 aromatic heterocycles. The highest BCUT2D eigenvalue weighted by atomic mass is 32.1. The molecule has 0 aromatic carbocycles. The van der Waals surface area contributed by atoms with Crippen LogP contribution in [0.2, 0.25) is 0 Å². The normalized spacial score (nSPS) is 6.56. The molecule has 0 atom stereocenters. The van der Waals surface area contributed by atoms with Gasteiger partial charge in [0.2, 0.25) is 0 Å². The van der Waals surface area contributed by atoms with Crippen LogP contribution in [0.1, 0.15) is 13.8 Å². The predicted octanol–water partition coefficient (Wildman–Crippen LogP) is 2.27. The largest absolute Gasteiger partial charge is 0.458 e. The van der Waals surface area contributed by atoms with Gasteiger partial charge in [-0.3, -0.25) is 0 Å². The lowest BCUT2D eigenvalue weighted by molar-refractivity contribution is 0.182. The van der Waals surface area contributed by atoms with E-state index in [-0.39, 0.29) is 0 Å². The van der Waals surface area contributed by atoms with Crippen molar-refractivity contribution < 1.29 is 9.53 Å². The summed E-state index contributed by atoms with van der Waals surface area (Å²) in [5, 5.41) is -0.516. The Morgan fingerprint density at radius 2 is 2.22 bits per heavy atom. The van der Waals surface area contributed by atoms with E-state index in [1.807, 2.05) is 6.92 Å². The Bertz CT molecular complexity index is 81.1. The van der Waals surface area contributed by atoms with Crippen molar-refractivity contribution in [1.29, 1.82) is 0 Å². The summed E-state index contributed by atoms with van der Waals surface area (Å²) in [5.41, 5.74) is 0. The molecule has 0 N–H and O–H groups in total. The smallest absolute Gasteiger partial charge is 0.364 e. The monoisotopic (exact) mass is 148 g/mol. The van der Waals surface area contributed by atoms with Crippen molar-refractivity contribution in [2.75, 3.05) is 6.61 Å². The van der Waals surface area contributed by atoms with E-state index in [1.54, 1.807) is 13.0 Å². The molecule has 0 aliphatic carbocycles. The maximum absolute atomic E-state index is 9.69. The van der Waals surface area contributed by atoms with Crippen LogP contribution in [-0.2, 0) is 4.74 Å². The molecule has 0 saturated carbocycles. The van der Waals surface area contributed by atoms with E-state index in [2.05, 4.69) is 23.9 Å². The quantitative estimate of drug-likeness (QED) is 0.351. The SMILES string of the molecule is C=CC.CCOC(=O)S. The van der Waals surface area contributed by atoms with Crippen LogP contribution in [0.4, 0.5) is 4.79 Å². The molecule has 0 spiro atoms. The number of ether oxygens (including phenoxy) is 1. The van der Waals surface area contributed by atoms with Gasteiger partial charge in [0, 0.05) is 0 Å². The lowest BCUT2D eigenvalue weighted by Crippen LogP contribution is -1.89. The maximum Gasteiger partial charge on any atom is 0.364 e. The average Bonchev–Trinajstić information content (AvgIpc) is 1.67. The molecule has 0 heterocycles. The third-order valence-electron chi connectivity index (χ3n) is 0.268. The molecule has 0 radical (unpaired) electrons. The second-order valence-electron chi connectivity index (χ2n) is 1.11. The number of hydrogen-bond acceptors (Lipinski definition) is 2. The van der Waals surface area contributed by atoms with E-state index in [9.17, 15) is 4.79 Å². The number of carbonyl (C=O) groups is 1. The zero-order valence-electron chi connectivity index (χ0n) is 5.76. The number of hydrogen-bond donors (Lipinski definition) is 1. The van der Waals surface area contributed by atoms with Gasteiger partial charge in [0.05, 0.1) is 6.61 Å². The van der Waals surface area contributed by atoms with E-state index >= 15 is 0 Å². The van der Waals surface area contributed by atoms with Crippen molar-refractivity contribution >= 4 is 17.9 Å². The van der Waals surface area contributed by atoms with Gasteiger partial charge in [0.1, 0.15) is 0 Å². The summed E-state index contributed by atoms with van der Waals surface area (Å²) < 4.78 is 4.27. The summed E-state index contributed by atoms with van der Waals surface area (Å²) in [7, 11) is 0. The van der Waals surface area contributed by atoms with Gasteiger partial charge >= 0.3 is 5.30 Å². The first-order valence-corrected chi connectivity index (χ1v) is 3.06. The minimum atomic E-state index is -0.516. The highest BCUT2D eigenvalue weighted by Gasteiger charge is 1.83. The maximum atomic E-state index is 9.69. The van der Waals surface area contributed by atoms with Gasteiger partial charge in [0.25, 0.3) is 0 Å². The molecule has 0 aromatic rings. The summed E-state index contributed by atoms with van der Waals surface area (Å²) in [6, 6.07) is 0. The number of allylic oxidation sites excluding steroid dienone is 1. The van der Waals surface area contributed by atoms with Gasteiger partial charge in [0.15, 0.2) is 0 Å². The van der Waals surface area contributed by atoms with Gasteiger partial charge in [-0.15, -0.1) is 6.58 Å². The fourth-order valence-corrected chi connectivity index (χ4v) is 0.253. The van der Waals surface area contributed by atoms with Crippen molar-refractivity contribution in [3.8, 4) is 0 Å². The zero-order valence-corrected chi connectivity index (χ0v) is 6.65. The van der Waals surface area contributed by atoms with Crippen molar-refractivity contribution in [1.82, 2.24) is 0 Å². The van der Waals surface area contributed by atoms with Crippen LogP contribution in [0.3, 0.4) is 0 Å². The fourth-order valence-electron chi connectivity index (χ4n) is 0.123. The first-order valence-electron chi connectivity index (χ1n) is 2.61. The first kappa shape index (κ1) is 11.4. The molecule has 0 rings (SSSR count). The molecular formula is C6H12O2S. The van der Waals surface area contributed by atoms with Crippen molar-refractivity contribution in [2.24, 2.45) is 0 Å². The Morgan fingerprint density at radius 3 is 2.22 bits per heavy atom. The Balaban J connectivity index is 0. The van der Waals surface area contributed by atoms with Crippen LogP contribution < -0.4 is 0 Å². The standard InChI is InChI=1S/C3H6O2S.C3H6/c1-2-5-3(4)6;1-3-2/h2H2,1H3,(H,4,6);3H,1H2,2H3. The Hall–Kier alpha value is -0.440. The van der Waals surface area contributed by atoms with Gasteiger partial charge in [-0.2, -0.15) is 0 Å². The first-order chi connectivity index (χ1) is 4.18. The molecule has 9 heavy (non-hydrogen) atoms. The second kappa shape index (κ2) is 10.5.